The van der Waals surface area contributed by atoms with Crippen LogP contribution < -0.4 is 27.3 Å². The number of furan rings is 1. The van der Waals surface area contributed by atoms with Crippen LogP contribution in [0.1, 0.15) is 101 Å². The van der Waals surface area contributed by atoms with Gasteiger partial charge < -0.3 is 48.7 Å². The van der Waals surface area contributed by atoms with Gasteiger partial charge in [-0.05, 0) is 74.5 Å². The van der Waals surface area contributed by atoms with Crippen LogP contribution in [0.4, 0.5) is 5.95 Å². The number of likely N-dealkylation sites (tertiary alicyclic amines) is 1. The molecule has 22 heteroatoms. The predicted octanol–water partition coefficient (Wildman–Crippen LogP) is 7.09. The summed E-state index contributed by atoms with van der Waals surface area (Å²) in [6, 6.07) is 27.6. The van der Waals surface area contributed by atoms with E-state index in [1.165, 1.54) is 12.5 Å². The molecule has 0 radical (unpaired) electrons. The van der Waals surface area contributed by atoms with Crippen LogP contribution in [0.2, 0.25) is 0 Å². The average molecular weight is 1030 g/mol. The summed E-state index contributed by atoms with van der Waals surface area (Å²) >= 11 is 0. The van der Waals surface area contributed by atoms with Crippen LogP contribution in [0.25, 0.3) is 33.8 Å². The van der Waals surface area contributed by atoms with Crippen molar-refractivity contribution in [1.82, 2.24) is 60.8 Å². The zero-order chi connectivity index (χ0) is 52.0. The first-order chi connectivity index (χ1) is 35.7. The van der Waals surface area contributed by atoms with E-state index in [4.69, 9.17) is 29.6 Å². The molecule has 3 unspecified atom stereocenters. The van der Waals surface area contributed by atoms with E-state index in [1.54, 1.807) is 16.1 Å². The van der Waals surface area contributed by atoms with Gasteiger partial charge >= 0.3 is 0 Å². The second-order valence-electron chi connectivity index (χ2n) is 19.9. The van der Waals surface area contributed by atoms with E-state index in [2.05, 4.69) is 76.9 Å². The first kappa shape index (κ1) is 51.6. The van der Waals surface area contributed by atoms with Crippen molar-refractivity contribution in [2.75, 3.05) is 32.1 Å². The molecule has 3 aromatic carbocycles. The maximum Gasteiger partial charge on any atom is 0.265 e. The maximum atomic E-state index is 12.4. The number of hydrogen-bond acceptors (Lipinski definition) is 19. The van der Waals surface area contributed by atoms with Crippen LogP contribution in [0, 0.1) is 5.92 Å². The molecule has 2 saturated carbocycles. The van der Waals surface area contributed by atoms with Crippen molar-refractivity contribution in [1.29, 1.82) is 0 Å². The van der Waals surface area contributed by atoms with Gasteiger partial charge in [0.25, 0.3) is 11.8 Å². The van der Waals surface area contributed by atoms with E-state index >= 15 is 0 Å². The Hall–Kier alpha value is -7.32. The van der Waals surface area contributed by atoms with Crippen LogP contribution >= 0.6 is 8.15 Å². The molecule has 3 aliphatic rings. The number of fused-ring (bicyclic) bond motifs is 1. The fourth-order valence-electron chi connectivity index (χ4n) is 9.14. The molecule has 1 saturated heterocycles. The highest BCUT2D eigenvalue weighted by Crippen LogP contribution is 2.60. The fourth-order valence-corrected chi connectivity index (χ4v) is 11.0. The van der Waals surface area contributed by atoms with Gasteiger partial charge in [0, 0.05) is 74.0 Å². The van der Waals surface area contributed by atoms with Gasteiger partial charge in [-0.2, -0.15) is 20.1 Å². The lowest BCUT2D eigenvalue weighted by Gasteiger charge is -2.29. The molecular weight excluding hydrogens is 962 g/mol. The van der Waals surface area contributed by atoms with Gasteiger partial charge in [-0.15, -0.1) is 0 Å². The third-order valence-electron chi connectivity index (χ3n) is 13.6. The number of rotatable bonds is 15. The molecule has 8 aromatic rings. The molecule has 388 valence electrons. The van der Waals surface area contributed by atoms with Crippen molar-refractivity contribution in [2.45, 2.75) is 101 Å². The Morgan fingerprint density at radius 2 is 1.70 bits per heavy atom. The number of aromatic amines is 1. The molecular formula is C52H64N15O6P. The molecule has 74 heavy (non-hydrogen) atoms. The van der Waals surface area contributed by atoms with Crippen molar-refractivity contribution in [3.63, 3.8) is 0 Å². The van der Waals surface area contributed by atoms with Gasteiger partial charge in [-0.25, -0.2) is 10.8 Å². The predicted molar refractivity (Wildman–Crippen MR) is 279 cm³/mol. The molecule has 0 spiro atoms. The van der Waals surface area contributed by atoms with E-state index in [9.17, 15) is 9.69 Å². The number of para-hydroxylation sites is 1. The van der Waals surface area contributed by atoms with Crippen molar-refractivity contribution in [3.05, 3.63) is 133 Å². The van der Waals surface area contributed by atoms with Gasteiger partial charge in [0.15, 0.2) is 23.0 Å². The number of carbonyl (C=O) groups is 1. The molecule has 3 atom stereocenters. The highest BCUT2D eigenvalue weighted by molar-refractivity contribution is 7.60. The number of carbonyl (C=O) groups excluding carboxylic acids is 1. The van der Waals surface area contributed by atoms with E-state index < -0.39 is 13.3 Å². The summed E-state index contributed by atoms with van der Waals surface area (Å²) in [7, 11) is 2.16. The quantitative estimate of drug-likeness (QED) is 0.0389. The molecule has 1 amide bonds. The number of nitrogens with two attached hydrogens (primary N) is 2. The maximum absolute atomic E-state index is 12.4. The Morgan fingerprint density at radius 1 is 0.946 bits per heavy atom. The summed E-state index contributed by atoms with van der Waals surface area (Å²) < 4.78 is 22.1. The van der Waals surface area contributed by atoms with Crippen molar-refractivity contribution in [2.24, 2.45) is 17.5 Å². The highest BCUT2D eigenvalue weighted by Gasteiger charge is 2.49. The Morgan fingerprint density at radius 3 is 2.38 bits per heavy atom. The standard InChI is InChI=1S/C19H17N5O.C18H21N2O3P.C15H26N8O2/c1-19(2,15-9-4-3-5-10-15)18-22-17(25-24-18)14-8-6-7-13(11-14)16-20-12-21-23-16;1-12(2)16-19-17(20-23-16)18(9-5-6-10-18)24(21)15-11-13-7-3-4-8-14(13)22-15;1-21(2)15-19-13(25-20-15)7-18-11-8-22(14(24)10-3-4-10)9-12(11)23(17)6-5-16/h3-12H,1-2H3,(H,20,21,23);3-4,7-8,11-12,21H,5-6,9-10H2,1-2H3;5-6,10-12,18H,3-4,7-9,16-17H2,1-2H3/b;;6-5-. The number of H-pyrrole nitrogens is 1. The number of hydrazine groups is 1. The monoisotopic (exact) mass is 1030 g/mol. The van der Waals surface area contributed by atoms with E-state index in [0.717, 1.165) is 66.2 Å². The summed E-state index contributed by atoms with van der Waals surface area (Å²) in [6.45, 7) is 9.80. The minimum absolute atomic E-state index is 0.0152. The number of nitrogens with zero attached hydrogens (tertiary/aromatic N) is 11. The lowest BCUT2D eigenvalue weighted by atomic mass is 9.84. The number of hydrogen-bond donors (Lipinski definition) is 5. The number of aromatic nitrogens is 9. The summed E-state index contributed by atoms with van der Waals surface area (Å²) in [6.07, 6.45) is 10.3. The lowest BCUT2D eigenvalue weighted by molar-refractivity contribution is -0.131. The minimum Gasteiger partial charge on any atom is -0.454 e. The molecule has 11 rings (SSSR count). The summed E-state index contributed by atoms with van der Waals surface area (Å²) in [4.78, 5) is 45.0. The minimum atomic E-state index is -1.54. The topological polar surface area (TPSA) is 283 Å². The number of nitrogens with one attached hydrogen (secondary N) is 2. The van der Waals surface area contributed by atoms with Gasteiger partial charge in [0.05, 0.1) is 23.2 Å². The second kappa shape index (κ2) is 22.4. The SMILES string of the molecule is CC(C)(c1ccccc1)c1noc(-c2cccc(-c3ncn[nH]3)c2)n1.CC(C)c1nc(C2(P(O)c3cc4ccccc4o3)CCCC2)no1.CN(C)c1noc(CNC2CN(C(=O)C3CC3)CC2N(N)/C=C\N)n1. The zero-order valence-corrected chi connectivity index (χ0v) is 43.4. The Labute approximate surface area is 430 Å². The van der Waals surface area contributed by atoms with Crippen molar-refractivity contribution >= 4 is 36.5 Å². The molecule has 5 aromatic heterocycles. The highest BCUT2D eigenvalue weighted by atomic mass is 31.1. The first-order valence-electron chi connectivity index (χ1n) is 24.8. The Bertz CT molecular complexity index is 3070. The van der Waals surface area contributed by atoms with E-state index in [-0.39, 0.29) is 35.2 Å². The zero-order valence-electron chi connectivity index (χ0n) is 42.5. The Kier molecular flexibility index (Phi) is 15.6. The summed E-state index contributed by atoms with van der Waals surface area (Å²) in [5.74, 6) is 10.8. The molecule has 21 nitrogen and oxygen atoms in total. The number of amides is 1. The van der Waals surface area contributed by atoms with E-state index in [1.807, 2.05) is 106 Å². The number of benzene rings is 3. The van der Waals surface area contributed by atoms with Crippen molar-refractivity contribution in [3.8, 4) is 22.8 Å². The van der Waals surface area contributed by atoms with Crippen LogP contribution in [0.15, 0.2) is 122 Å². The normalized spacial score (nSPS) is 17.8. The molecule has 3 fully saturated rings. The molecule has 0 bridgehead atoms. The summed E-state index contributed by atoms with van der Waals surface area (Å²) in [5.41, 5.74) is 9.45. The largest absolute Gasteiger partial charge is 0.454 e. The third-order valence-corrected chi connectivity index (χ3v) is 15.7. The van der Waals surface area contributed by atoms with Crippen LogP contribution in [-0.2, 0) is 21.9 Å². The van der Waals surface area contributed by atoms with Crippen LogP contribution in [-0.4, -0.2) is 106 Å². The van der Waals surface area contributed by atoms with Gasteiger partial charge in [0.1, 0.15) is 20.1 Å². The Balaban J connectivity index is 0.000000136. The van der Waals surface area contributed by atoms with Gasteiger partial charge in [-0.3, -0.25) is 9.89 Å². The fraction of sp³-hybridized carbons (Fsp3) is 0.404. The van der Waals surface area contributed by atoms with Gasteiger partial charge in [0.2, 0.25) is 17.7 Å². The van der Waals surface area contributed by atoms with Gasteiger partial charge in [-0.1, -0.05) is 97.7 Å². The molecule has 6 heterocycles. The molecule has 2 aliphatic carbocycles. The smallest absolute Gasteiger partial charge is 0.265 e. The van der Waals surface area contributed by atoms with Crippen molar-refractivity contribution < 1.29 is 27.7 Å². The molecule has 7 N–H and O–H groups in total. The lowest BCUT2D eigenvalue weighted by Crippen LogP contribution is -2.50. The second-order valence-corrected chi connectivity index (χ2v) is 21.8. The van der Waals surface area contributed by atoms with Crippen LogP contribution in [0.5, 0.6) is 0 Å². The first-order valence-corrected chi connectivity index (χ1v) is 26.1. The molecule has 1 aliphatic heterocycles. The average Bonchev–Trinajstić information content (AvgIpc) is 4.22. The third kappa shape index (κ3) is 11.4. The number of anilines is 1. The van der Waals surface area contributed by atoms with Crippen LogP contribution in [0.3, 0.4) is 0 Å². The summed E-state index contributed by atoms with van der Waals surface area (Å²) in [5, 5.41) is 24.5. The van der Waals surface area contributed by atoms with E-state index in [0.29, 0.717) is 66.2 Å².